The SMILES string of the molecule is CCN(C(=O)c1ccc(Br)cc1O)C(C)C. The number of amides is 1. The molecule has 0 unspecified atom stereocenters. The van der Waals surface area contributed by atoms with E-state index in [4.69, 9.17) is 0 Å². The third-order valence-electron chi connectivity index (χ3n) is 2.42. The molecule has 16 heavy (non-hydrogen) atoms. The van der Waals surface area contributed by atoms with Crippen molar-refractivity contribution in [2.75, 3.05) is 6.54 Å². The van der Waals surface area contributed by atoms with Crippen molar-refractivity contribution >= 4 is 21.8 Å². The number of carbonyl (C=O) groups excluding carboxylic acids is 1. The van der Waals surface area contributed by atoms with Crippen molar-refractivity contribution in [3.05, 3.63) is 28.2 Å². The van der Waals surface area contributed by atoms with Crippen molar-refractivity contribution in [3.8, 4) is 5.75 Å². The van der Waals surface area contributed by atoms with Crippen LogP contribution in [0.1, 0.15) is 31.1 Å². The summed E-state index contributed by atoms with van der Waals surface area (Å²) in [6, 6.07) is 5.04. The van der Waals surface area contributed by atoms with Gasteiger partial charge in [0, 0.05) is 17.1 Å². The molecule has 0 atom stereocenters. The first kappa shape index (κ1) is 13.0. The summed E-state index contributed by atoms with van der Waals surface area (Å²) >= 11 is 3.24. The van der Waals surface area contributed by atoms with Crippen molar-refractivity contribution in [1.82, 2.24) is 4.90 Å². The number of halogens is 1. The number of carbonyl (C=O) groups is 1. The highest BCUT2D eigenvalue weighted by atomic mass is 79.9. The average Bonchev–Trinajstić information content (AvgIpc) is 2.17. The van der Waals surface area contributed by atoms with Crippen molar-refractivity contribution < 1.29 is 9.90 Å². The number of rotatable bonds is 3. The molecule has 1 N–H and O–H groups in total. The normalized spacial score (nSPS) is 10.6. The number of nitrogens with zero attached hydrogens (tertiary/aromatic N) is 1. The molecule has 1 aromatic rings. The molecule has 0 aromatic heterocycles. The first-order valence-corrected chi connectivity index (χ1v) is 6.06. The van der Waals surface area contributed by atoms with Gasteiger partial charge in [0.05, 0.1) is 5.56 Å². The highest BCUT2D eigenvalue weighted by Crippen LogP contribution is 2.24. The molecule has 0 spiro atoms. The van der Waals surface area contributed by atoms with Crippen LogP contribution in [0.4, 0.5) is 0 Å². The number of hydrogen-bond donors (Lipinski definition) is 1. The van der Waals surface area contributed by atoms with Crippen molar-refractivity contribution in [2.45, 2.75) is 26.8 Å². The number of phenols is 1. The molecule has 0 saturated heterocycles. The standard InChI is InChI=1S/C12H16BrNO2/c1-4-14(8(2)3)12(16)10-6-5-9(13)7-11(10)15/h5-8,15H,4H2,1-3H3. The Kier molecular flexibility index (Phi) is 4.35. The van der Waals surface area contributed by atoms with Gasteiger partial charge in [0.25, 0.3) is 5.91 Å². The summed E-state index contributed by atoms with van der Waals surface area (Å²) in [5.41, 5.74) is 0.346. The van der Waals surface area contributed by atoms with Gasteiger partial charge in [-0.1, -0.05) is 15.9 Å². The lowest BCUT2D eigenvalue weighted by Crippen LogP contribution is -2.36. The average molecular weight is 286 g/mol. The molecule has 88 valence electrons. The molecule has 1 amide bonds. The number of phenolic OH excluding ortho intramolecular Hbond substituents is 1. The van der Waals surface area contributed by atoms with E-state index in [0.717, 1.165) is 4.47 Å². The minimum Gasteiger partial charge on any atom is -0.507 e. The Labute approximate surface area is 104 Å². The third-order valence-corrected chi connectivity index (χ3v) is 2.91. The van der Waals surface area contributed by atoms with E-state index in [9.17, 15) is 9.90 Å². The van der Waals surface area contributed by atoms with E-state index < -0.39 is 0 Å². The van der Waals surface area contributed by atoms with Crippen molar-refractivity contribution in [1.29, 1.82) is 0 Å². The first-order valence-electron chi connectivity index (χ1n) is 5.26. The maximum absolute atomic E-state index is 12.1. The van der Waals surface area contributed by atoms with Crippen LogP contribution in [0.15, 0.2) is 22.7 Å². The molecule has 0 heterocycles. The second-order valence-electron chi connectivity index (χ2n) is 3.85. The molecule has 0 bridgehead atoms. The van der Waals surface area contributed by atoms with Crippen LogP contribution >= 0.6 is 15.9 Å². The van der Waals surface area contributed by atoms with Gasteiger partial charge in [0.1, 0.15) is 5.75 Å². The minimum absolute atomic E-state index is 0.0125. The van der Waals surface area contributed by atoms with Crippen LogP contribution in [-0.4, -0.2) is 28.5 Å². The maximum Gasteiger partial charge on any atom is 0.257 e. The van der Waals surface area contributed by atoms with Gasteiger partial charge in [-0.2, -0.15) is 0 Å². The monoisotopic (exact) mass is 285 g/mol. The Morgan fingerprint density at radius 1 is 1.50 bits per heavy atom. The van der Waals surface area contributed by atoms with Gasteiger partial charge < -0.3 is 10.0 Å². The summed E-state index contributed by atoms with van der Waals surface area (Å²) in [6.45, 7) is 6.47. The summed E-state index contributed by atoms with van der Waals surface area (Å²) < 4.78 is 0.758. The molecule has 0 aliphatic carbocycles. The molecule has 0 aliphatic rings. The quantitative estimate of drug-likeness (QED) is 0.927. The molecule has 1 aromatic carbocycles. The molecular weight excluding hydrogens is 270 g/mol. The Morgan fingerprint density at radius 2 is 2.12 bits per heavy atom. The molecule has 4 heteroatoms. The largest absolute Gasteiger partial charge is 0.507 e. The zero-order chi connectivity index (χ0) is 12.3. The van der Waals surface area contributed by atoms with E-state index in [1.54, 1.807) is 17.0 Å². The molecule has 0 fully saturated rings. The van der Waals surface area contributed by atoms with Crippen LogP contribution in [0.2, 0.25) is 0 Å². The molecular formula is C12H16BrNO2. The zero-order valence-electron chi connectivity index (χ0n) is 9.70. The van der Waals surface area contributed by atoms with E-state index in [1.807, 2.05) is 20.8 Å². The maximum atomic E-state index is 12.1. The second kappa shape index (κ2) is 5.34. The van der Waals surface area contributed by atoms with Crippen LogP contribution in [-0.2, 0) is 0 Å². The van der Waals surface area contributed by atoms with Crippen LogP contribution in [0.3, 0.4) is 0 Å². The number of hydrogen-bond acceptors (Lipinski definition) is 2. The third kappa shape index (κ3) is 2.76. The van der Waals surface area contributed by atoms with Crippen LogP contribution in [0, 0.1) is 0 Å². The van der Waals surface area contributed by atoms with Crippen molar-refractivity contribution in [2.24, 2.45) is 0 Å². The van der Waals surface area contributed by atoms with Gasteiger partial charge in [-0.25, -0.2) is 0 Å². The lowest BCUT2D eigenvalue weighted by molar-refractivity contribution is 0.0714. The fraction of sp³-hybridized carbons (Fsp3) is 0.417. The van der Waals surface area contributed by atoms with E-state index >= 15 is 0 Å². The fourth-order valence-corrected chi connectivity index (χ4v) is 1.93. The predicted molar refractivity (Wildman–Crippen MR) is 67.7 cm³/mol. The van der Waals surface area contributed by atoms with Gasteiger partial charge in [0.15, 0.2) is 0 Å². The van der Waals surface area contributed by atoms with Crippen molar-refractivity contribution in [3.63, 3.8) is 0 Å². The highest BCUT2D eigenvalue weighted by Gasteiger charge is 2.19. The summed E-state index contributed by atoms with van der Waals surface area (Å²) in [5.74, 6) is -0.124. The lowest BCUT2D eigenvalue weighted by atomic mass is 10.1. The van der Waals surface area contributed by atoms with Crippen LogP contribution in [0.25, 0.3) is 0 Å². The van der Waals surface area contributed by atoms with E-state index in [2.05, 4.69) is 15.9 Å². The first-order chi connectivity index (χ1) is 7.47. The molecule has 1 rings (SSSR count). The van der Waals surface area contributed by atoms with E-state index in [1.165, 1.54) is 6.07 Å². The summed E-state index contributed by atoms with van der Waals surface area (Å²) in [6.07, 6.45) is 0. The van der Waals surface area contributed by atoms with Gasteiger partial charge >= 0.3 is 0 Å². The molecule has 0 saturated carbocycles. The molecule has 0 aliphatic heterocycles. The fourth-order valence-electron chi connectivity index (χ4n) is 1.58. The summed E-state index contributed by atoms with van der Waals surface area (Å²) in [5, 5.41) is 9.71. The van der Waals surface area contributed by atoms with E-state index in [-0.39, 0.29) is 17.7 Å². The summed E-state index contributed by atoms with van der Waals surface area (Å²) in [4.78, 5) is 13.8. The van der Waals surface area contributed by atoms with Gasteiger partial charge in [0.2, 0.25) is 0 Å². The van der Waals surface area contributed by atoms with Gasteiger partial charge in [-0.05, 0) is 39.0 Å². The lowest BCUT2D eigenvalue weighted by Gasteiger charge is -2.25. The van der Waals surface area contributed by atoms with Gasteiger partial charge in [-0.3, -0.25) is 4.79 Å². The highest BCUT2D eigenvalue weighted by molar-refractivity contribution is 9.10. The molecule has 0 radical (unpaired) electrons. The number of benzene rings is 1. The topological polar surface area (TPSA) is 40.5 Å². The summed E-state index contributed by atoms with van der Waals surface area (Å²) in [7, 11) is 0. The Balaban J connectivity index is 3.04. The predicted octanol–water partition coefficient (Wildman–Crippen LogP) is 3.03. The zero-order valence-corrected chi connectivity index (χ0v) is 11.3. The van der Waals surface area contributed by atoms with Crippen LogP contribution in [0.5, 0.6) is 5.75 Å². The van der Waals surface area contributed by atoms with Crippen LogP contribution < -0.4 is 0 Å². The second-order valence-corrected chi connectivity index (χ2v) is 4.76. The Hall–Kier alpha value is -1.03. The number of aromatic hydroxyl groups is 1. The van der Waals surface area contributed by atoms with Gasteiger partial charge in [-0.15, -0.1) is 0 Å². The van der Waals surface area contributed by atoms with E-state index in [0.29, 0.717) is 12.1 Å². The minimum atomic E-state index is -0.137. The Bertz CT molecular complexity index is 391. The Morgan fingerprint density at radius 3 is 2.56 bits per heavy atom. The molecule has 3 nitrogen and oxygen atoms in total. The smallest absolute Gasteiger partial charge is 0.257 e.